The third-order valence-corrected chi connectivity index (χ3v) is 5.74. The van der Waals surface area contributed by atoms with Crippen LogP contribution in [0.5, 0.6) is 0 Å². The molecule has 1 aromatic rings. The van der Waals surface area contributed by atoms with Crippen LogP contribution in [-0.2, 0) is 9.84 Å². The molecule has 0 amide bonds. The molecule has 1 heterocycles. The molecule has 100 valence electrons. The van der Waals surface area contributed by atoms with Crippen molar-refractivity contribution in [2.45, 2.75) is 25.4 Å². The first kappa shape index (κ1) is 14.3. The van der Waals surface area contributed by atoms with Gasteiger partial charge in [-0.1, -0.05) is 33.6 Å². The van der Waals surface area contributed by atoms with Gasteiger partial charge < -0.3 is 5.32 Å². The molecule has 0 bridgehead atoms. The Hall–Kier alpha value is -0.100. The molecule has 1 aromatic carbocycles. The predicted molar refractivity (Wildman–Crippen MR) is 77.8 cm³/mol. The van der Waals surface area contributed by atoms with Gasteiger partial charge in [0.2, 0.25) is 0 Å². The van der Waals surface area contributed by atoms with Crippen LogP contribution in [0.15, 0.2) is 22.7 Å². The van der Waals surface area contributed by atoms with Crippen LogP contribution < -0.4 is 5.32 Å². The molecular weight excluding hydrogens is 338 g/mol. The normalized spacial score (nSPS) is 24.1. The summed E-state index contributed by atoms with van der Waals surface area (Å²) >= 11 is 9.54. The van der Waals surface area contributed by atoms with E-state index in [1.54, 1.807) is 0 Å². The monoisotopic (exact) mass is 351 g/mol. The average molecular weight is 353 g/mol. The Labute approximate surface area is 121 Å². The van der Waals surface area contributed by atoms with Crippen LogP contribution in [0, 0.1) is 0 Å². The van der Waals surface area contributed by atoms with Gasteiger partial charge in [-0.25, -0.2) is 8.42 Å². The lowest BCUT2D eigenvalue weighted by Crippen LogP contribution is -2.32. The Bertz CT molecular complexity index is 547. The second-order valence-electron chi connectivity index (χ2n) is 4.65. The Kier molecular flexibility index (Phi) is 4.36. The number of rotatable bonds is 3. The molecule has 0 saturated carbocycles. The summed E-state index contributed by atoms with van der Waals surface area (Å²) in [6.45, 7) is 2.00. The molecule has 1 N–H and O–H groups in total. The zero-order valence-electron chi connectivity index (χ0n) is 9.99. The first-order valence-corrected chi connectivity index (χ1v) is 8.78. The van der Waals surface area contributed by atoms with Crippen molar-refractivity contribution >= 4 is 37.4 Å². The molecule has 0 aliphatic carbocycles. The molecule has 2 rings (SSSR count). The average Bonchev–Trinajstić information content (AvgIpc) is 2.57. The van der Waals surface area contributed by atoms with E-state index < -0.39 is 9.84 Å². The molecular formula is C12H15BrClNO2S. The van der Waals surface area contributed by atoms with E-state index in [4.69, 9.17) is 11.6 Å². The van der Waals surface area contributed by atoms with Crippen LogP contribution in [0.3, 0.4) is 0 Å². The van der Waals surface area contributed by atoms with Crippen molar-refractivity contribution in [3.63, 3.8) is 0 Å². The van der Waals surface area contributed by atoms with E-state index in [0.717, 1.165) is 10.0 Å². The highest BCUT2D eigenvalue weighted by Gasteiger charge is 2.29. The highest BCUT2D eigenvalue weighted by atomic mass is 79.9. The van der Waals surface area contributed by atoms with Crippen molar-refractivity contribution in [2.75, 3.05) is 11.5 Å². The second-order valence-corrected chi connectivity index (χ2v) is 8.21. The number of halogens is 2. The van der Waals surface area contributed by atoms with E-state index in [1.807, 2.05) is 25.1 Å². The van der Waals surface area contributed by atoms with E-state index in [2.05, 4.69) is 21.2 Å². The van der Waals surface area contributed by atoms with Crippen LogP contribution in [0.25, 0.3) is 0 Å². The van der Waals surface area contributed by atoms with Gasteiger partial charge in [-0.05, 0) is 31.0 Å². The highest BCUT2D eigenvalue weighted by Crippen LogP contribution is 2.27. The quantitative estimate of drug-likeness (QED) is 0.910. The van der Waals surface area contributed by atoms with E-state index >= 15 is 0 Å². The fourth-order valence-corrected chi connectivity index (χ4v) is 4.75. The summed E-state index contributed by atoms with van der Waals surface area (Å²) in [5, 5.41) is 4.02. The standard InChI is InChI=1S/C12H15BrClNO2S/c1-8(11-3-2-9(13)6-12(11)14)15-10-4-5-18(16,17)7-10/h2-3,6,8,10,15H,4-5,7H2,1H3. The van der Waals surface area contributed by atoms with Crippen molar-refractivity contribution in [3.8, 4) is 0 Å². The number of nitrogens with one attached hydrogen (secondary N) is 1. The van der Waals surface area contributed by atoms with Crippen LogP contribution in [-0.4, -0.2) is 26.0 Å². The summed E-state index contributed by atoms with van der Waals surface area (Å²) in [7, 11) is -2.84. The number of sulfone groups is 1. The first-order chi connectivity index (χ1) is 8.37. The van der Waals surface area contributed by atoms with Crippen LogP contribution in [0.2, 0.25) is 5.02 Å². The third kappa shape index (κ3) is 3.47. The lowest BCUT2D eigenvalue weighted by atomic mass is 10.1. The fourth-order valence-electron chi connectivity index (χ4n) is 2.22. The maximum atomic E-state index is 11.4. The summed E-state index contributed by atoms with van der Waals surface area (Å²) in [6.07, 6.45) is 0.681. The minimum atomic E-state index is -2.84. The maximum Gasteiger partial charge on any atom is 0.151 e. The molecule has 1 aliphatic heterocycles. The molecule has 1 aliphatic rings. The zero-order valence-corrected chi connectivity index (χ0v) is 13.1. The molecule has 2 atom stereocenters. The first-order valence-electron chi connectivity index (χ1n) is 5.79. The molecule has 3 nitrogen and oxygen atoms in total. The molecule has 1 saturated heterocycles. The van der Waals surface area contributed by atoms with Crippen molar-refractivity contribution in [2.24, 2.45) is 0 Å². The summed E-state index contributed by atoms with van der Waals surface area (Å²) in [4.78, 5) is 0. The largest absolute Gasteiger partial charge is 0.306 e. The molecule has 6 heteroatoms. The van der Waals surface area contributed by atoms with E-state index in [0.29, 0.717) is 11.4 Å². The van der Waals surface area contributed by atoms with Gasteiger partial charge in [0.1, 0.15) is 0 Å². The van der Waals surface area contributed by atoms with Gasteiger partial charge in [0.15, 0.2) is 9.84 Å². The van der Waals surface area contributed by atoms with Crippen LogP contribution in [0.1, 0.15) is 24.9 Å². The SMILES string of the molecule is CC(NC1CCS(=O)(=O)C1)c1ccc(Br)cc1Cl. The van der Waals surface area contributed by atoms with Gasteiger partial charge in [-0.15, -0.1) is 0 Å². The van der Waals surface area contributed by atoms with E-state index in [9.17, 15) is 8.42 Å². The lowest BCUT2D eigenvalue weighted by Gasteiger charge is -2.20. The highest BCUT2D eigenvalue weighted by molar-refractivity contribution is 9.10. The minimum Gasteiger partial charge on any atom is -0.306 e. The molecule has 0 radical (unpaired) electrons. The van der Waals surface area contributed by atoms with Crippen LogP contribution >= 0.6 is 27.5 Å². The second kappa shape index (κ2) is 5.49. The Balaban J connectivity index is 2.06. The van der Waals surface area contributed by atoms with Crippen LogP contribution in [0.4, 0.5) is 0 Å². The molecule has 0 spiro atoms. The number of benzene rings is 1. The molecule has 2 unspecified atom stereocenters. The van der Waals surface area contributed by atoms with Crippen molar-refractivity contribution < 1.29 is 8.42 Å². The molecule has 18 heavy (non-hydrogen) atoms. The number of hydrogen-bond donors (Lipinski definition) is 1. The number of hydrogen-bond acceptors (Lipinski definition) is 3. The molecule has 1 fully saturated rings. The minimum absolute atomic E-state index is 0.0321. The van der Waals surface area contributed by atoms with Gasteiger partial charge in [-0.2, -0.15) is 0 Å². The maximum absolute atomic E-state index is 11.4. The van der Waals surface area contributed by atoms with E-state index in [1.165, 1.54) is 0 Å². The predicted octanol–water partition coefficient (Wildman–Crippen LogP) is 2.94. The van der Waals surface area contributed by atoms with Gasteiger partial charge in [0, 0.05) is 21.6 Å². The lowest BCUT2D eigenvalue weighted by molar-refractivity contribution is 0.485. The van der Waals surface area contributed by atoms with Crippen molar-refractivity contribution in [1.82, 2.24) is 5.32 Å². The van der Waals surface area contributed by atoms with Crippen molar-refractivity contribution in [3.05, 3.63) is 33.3 Å². The third-order valence-electron chi connectivity index (χ3n) is 3.15. The van der Waals surface area contributed by atoms with Gasteiger partial charge in [0.05, 0.1) is 11.5 Å². The summed E-state index contributed by atoms with van der Waals surface area (Å²) in [6, 6.07) is 5.81. The Morgan fingerprint density at radius 3 is 2.78 bits per heavy atom. The summed E-state index contributed by atoms with van der Waals surface area (Å²) in [5.41, 5.74) is 0.990. The molecule has 0 aromatic heterocycles. The van der Waals surface area contributed by atoms with Gasteiger partial charge in [0.25, 0.3) is 0 Å². The zero-order chi connectivity index (χ0) is 13.3. The topological polar surface area (TPSA) is 46.2 Å². The Morgan fingerprint density at radius 2 is 2.22 bits per heavy atom. The summed E-state index contributed by atoms with van der Waals surface area (Å²) < 4.78 is 23.7. The van der Waals surface area contributed by atoms with Gasteiger partial charge >= 0.3 is 0 Å². The van der Waals surface area contributed by atoms with Gasteiger partial charge in [-0.3, -0.25) is 0 Å². The Morgan fingerprint density at radius 1 is 1.50 bits per heavy atom. The summed E-state index contributed by atoms with van der Waals surface area (Å²) in [5.74, 6) is 0.511. The van der Waals surface area contributed by atoms with E-state index in [-0.39, 0.29) is 23.6 Å². The fraction of sp³-hybridized carbons (Fsp3) is 0.500. The smallest absolute Gasteiger partial charge is 0.151 e. The van der Waals surface area contributed by atoms with Crippen molar-refractivity contribution in [1.29, 1.82) is 0 Å².